The molecule has 1 fully saturated rings. The number of carbonyl (C=O) groups is 2. The number of nitrogens with zero attached hydrogens (tertiary/aromatic N) is 2. The van der Waals surface area contributed by atoms with Crippen molar-refractivity contribution in [2.24, 2.45) is 0 Å². The minimum atomic E-state index is -0.310. The summed E-state index contributed by atoms with van der Waals surface area (Å²) in [6, 6.07) is 13.4. The number of piperazine rings is 1. The van der Waals surface area contributed by atoms with Crippen LogP contribution < -0.4 is 10.1 Å². The Morgan fingerprint density at radius 1 is 1.03 bits per heavy atom. The highest BCUT2D eigenvalue weighted by Crippen LogP contribution is 2.22. The Kier molecular flexibility index (Phi) is 8.23. The molecule has 0 radical (unpaired) electrons. The summed E-state index contributed by atoms with van der Waals surface area (Å²) in [4.78, 5) is 27.6. The van der Waals surface area contributed by atoms with E-state index < -0.39 is 0 Å². The predicted molar refractivity (Wildman–Crippen MR) is 115 cm³/mol. The van der Waals surface area contributed by atoms with E-state index in [4.69, 9.17) is 9.47 Å². The van der Waals surface area contributed by atoms with E-state index in [-0.39, 0.29) is 17.8 Å². The van der Waals surface area contributed by atoms with Crippen LogP contribution in [-0.4, -0.2) is 68.2 Å². The van der Waals surface area contributed by atoms with Gasteiger partial charge in [-0.3, -0.25) is 9.69 Å². The number of ether oxygens (including phenoxy) is 2. The third kappa shape index (κ3) is 7.25. The monoisotopic (exact) mass is 429 g/mol. The van der Waals surface area contributed by atoms with Gasteiger partial charge in [0.15, 0.2) is 0 Å². The van der Waals surface area contributed by atoms with Crippen LogP contribution in [0.5, 0.6) is 11.5 Å². The Bertz CT molecular complexity index is 867. The molecule has 0 aliphatic carbocycles. The van der Waals surface area contributed by atoms with Gasteiger partial charge in [0.1, 0.15) is 17.3 Å². The highest BCUT2D eigenvalue weighted by atomic mass is 19.1. The Balaban J connectivity index is 1.35. The van der Waals surface area contributed by atoms with Crippen molar-refractivity contribution < 1.29 is 23.5 Å². The molecule has 0 aromatic heterocycles. The number of nitrogens with one attached hydrogen (secondary N) is 1. The van der Waals surface area contributed by atoms with Gasteiger partial charge in [0.05, 0.1) is 7.11 Å². The van der Waals surface area contributed by atoms with Crippen LogP contribution in [0.15, 0.2) is 48.5 Å². The molecule has 2 amide bonds. The van der Waals surface area contributed by atoms with E-state index in [2.05, 4.69) is 10.2 Å². The first kappa shape index (κ1) is 22.6. The first-order chi connectivity index (χ1) is 15.0. The Morgan fingerprint density at radius 3 is 2.48 bits per heavy atom. The van der Waals surface area contributed by atoms with Crippen molar-refractivity contribution in [3.63, 3.8) is 0 Å². The molecule has 2 aromatic rings. The number of rotatable bonds is 8. The van der Waals surface area contributed by atoms with Gasteiger partial charge in [0, 0.05) is 45.7 Å². The summed E-state index contributed by atoms with van der Waals surface area (Å²) in [5.41, 5.74) is 0.994. The average molecular weight is 429 g/mol. The molecule has 0 unspecified atom stereocenters. The van der Waals surface area contributed by atoms with E-state index in [1.165, 1.54) is 19.2 Å². The SMILES string of the molecule is COC(=O)N1CCN(CCNC(=O)CCc2cccc(Oc3ccc(F)cc3)c2)CC1. The summed E-state index contributed by atoms with van der Waals surface area (Å²) >= 11 is 0. The summed E-state index contributed by atoms with van der Waals surface area (Å²) in [6.45, 7) is 4.14. The first-order valence-corrected chi connectivity index (χ1v) is 10.4. The third-order valence-electron chi connectivity index (χ3n) is 5.14. The normalized spacial score (nSPS) is 14.2. The molecule has 0 saturated carbocycles. The molecule has 2 aromatic carbocycles. The molecule has 1 aliphatic rings. The lowest BCUT2D eigenvalue weighted by atomic mass is 10.1. The van der Waals surface area contributed by atoms with E-state index in [0.717, 1.165) is 25.2 Å². The van der Waals surface area contributed by atoms with Crippen LogP contribution in [0.2, 0.25) is 0 Å². The summed E-state index contributed by atoms with van der Waals surface area (Å²) in [7, 11) is 1.39. The van der Waals surface area contributed by atoms with E-state index >= 15 is 0 Å². The van der Waals surface area contributed by atoms with E-state index in [1.807, 2.05) is 24.3 Å². The zero-order valence-electron chi connectivity index (χ0n) is 17.7. The zero-order valence-corrected chi connectivity index (χ0v) is 17.7. The number of halogens is 1. The van der Waals surface area contributed by atoms with E-state index in [0.29, 0.717) is 44.0 Å². The highest BCUT2D eigenvalue weighted by molar-refractivity contribution is 5.76. The number of hydrogen-bond donors (Lipinski definition) is 1. The van der Waals surface area contributed by atoms with Gasteiger partial charge < -0.3 is 19.7 Å². The lowest BCUT2D eigenvalue weighted by molar-refractivity contribution is -0.121. The number of hydrogen-bond acceptors (Lipinski definition) is 5. The molecule has 0 bridgehead atoms. The van der Waals surface area contributed by atoms with Gasteiger partial charge >= 0.3 is 6.09 Å². The van der Waals surface area contributed by atoms with Crippen molar-refractivity contribution in [1.29, 1.82) is 0 Å². The molecule has 1 heterocycles. The molecule has 0 atom stereocenters. The smallest absolute Gasteiger partial charge is 0.409 e. The van der Waals surface area contributed by atoms with Gasteiger partial charge in [-0.1, -0.05) is 12.1 Å². The fourth-order valence-corrected chi connectivity index (χ4v) is 3.39. The van der Waals surface area contributed by atoms with Crippen LogP contribution in [0, 0.1) is 5.82 Å². The molecule has 1 aliphatic heterocycles. The maximum absolute atomic E-state index is 13.0. The van der Waals surface area contributed by atoms with Gasteiger partial charge in [-0.25, -0.2) is 9.18 Å². The second-order valence-electron chi connectivity index (χ2n) is 7.35. The Labute approximate surface area is 181 Å². The molecular formula is C23H28FN3O4. The average Bonchev–Trinajstić information content (AvgIpc) is 2.79. The van der Waals surface area contributed by atoms with Gasteiger partial charge in [0.2, 0.25) is 5.91 Å². The van der Waals surface area contributed by atoms with Crippen molar-refractivity contribution in [2.75, 3.05) is 46.4 Å². The van der Waals surface area contributed by atoms with Crippen molar-refractivity contribution >= 4 is 12.0 Å². The second-order valence-corrected chi connectivity index (χ2v) is 7.35. The summed E-state index contributed by atoms with van der Waals surface area (Å²) in [5, 5.41) is 2.95. The molecule has 31 heavy (non-hydrogen) atoms. The number of methoxy groups -OCH3 is 1. The highest BCUT2D eigenvalue weighted by Gasteiger charge is 2.21. The minimum Gasteiger partial charge on any atom is -0.457 e. The number of carbonyl (C=O) groups excluding carboxylic acids is 2. The summed E-state index contributed by atoms with van der Waals surface area (Å²) < 4.78 is 23.5. The van der Waals surface area contributed by atoms with Crippen LogP contribution in [0.3, 0.4) is 0 Å². The van der Waals surface area contributed by atoms with Crippen molar-refractivity contribution in [3.05, 3.63) is 59.9 Å². The lowest BCUT2D eigenvalue weighted by Gasteiger charge is -2.33. The van der Waals surface area contributed by atoms with Crippen molar-refractivity contribution in [2.45, 2.75) is 12.8 Å². The standard InChI is InChI=1S/C23H28FN3O4/c1-30-23(29)27-15-13-26(14-16-27)12-11-25-22(28)10-5-18-3-2-4-21(17-18)31-20-8-6-19(24)7-9-20/h2-4,6-9,17H,5,10-16H2,1H3,(H,25,28). The molecule has 1 N–H and O–H groups in total. The third-order valence-corrected chi connectivity index (χ3v) is 5.14. The quantitative estimate of drug-likeness (QED) is 0.699. The van der Waals surface area contributed by atoms with E-state index in [9.17, 15) is 14.0 Å². The maximum atomic E-state index is 13.0. The molecule has 8 heteroatoms. The topological polar surface area (TPSA) is 71.1 Å². The fraction of sp³-hybridized carbons (Fsp3) is 0.391. The molecule has 0 spiro atoms. The summed E-state index contributed by atoms with van der Waals surface area (Å²) in [5.74, 6) is 0.896. The van der Waals surface area contributed by atoms with Crippen LogP contribution in [-0.2, 0) is 16.0 Å². The largest absolute Gasteiger partial charge is 0.457 e. The van der Waals surface area contributed by atoms with Crippen LogP contribution in [0.4, 0.5) is 9.18 Å². The van der Waals surface area contributed by atoms with Crippen LogP contribution in [0.1, 0.15) is 12.0 Å². The number of aryl methyl sites for hydroxylation is 1. The van der Waals surface area contributed by atoms with Gasteiger partial charge in [0.25, 0.3) is 0 Å². The van der Waals surface area contributed by atoms with Gasteiger partial charge in [-0.2, -0.15) is 0 Å². The minimum absolute atomic E-state index is 0.00180. The second kappa shape index (κ2) is 11.3. The molecule has 3 rings (SSSR count). The Hall–Kier alpha value is -3.13. The number of benzene rings is 2. The molecule has 166 valence electrons. The maximum Gasteiger partial charge on any atom is 0.409 e. The molecule has 7 nitrogen and oxygen atoms in total. The fourth-order valence-electron chi connectivity index (χ4n) is 3.39. The summed E-state index contributed by atoms with van der Waals surface area (Å²) in [6.07, 6.45) is 0.695. The van der Waals surface area contributed by atoms with Crippen LogP contribution in [0.25, 0.3) is 0 Å². The predicted octanol–water partition coefficient (Wildman–Crippen LogP) is 3.05. The van der Waals surface area contributed by atoms with Crippen molar-refractivity contribution in [3.8, 4) is 11.5 Å². The zero-order chi connectivity index (χ0) is 22.1. The van der Waals surface area contributed by atoms with E-state index in [1.54, 1.807) is 17.0 Å². The Morgan fingerprint density at radius 2 is 1.77 bits per heavy atom. The van der Waals surface area contributed by atoms with Gasteiger partial charge in [-0.05, 0) is 48.4 Å². The van der Waals surface area contributed by atoms with Crippen molar-refractivity contribution in [1.82, 2.24) is 15.1 Å². The number of amides is 2. The molecular weight excluding hydrogens is 401 g/mol. The lowest BCUT2D eigenvalue weighted by Crippen LogP contribution is -2.50. The van der Waals surface area contributed by atoms with Gasteiger partial charge in [-0.15, -0.1) is 0 Å². The van der Waals surface area contributed by atoms with Crippen LogP contribution >= 0.6 is 0 Å². The molecule has 1 saturated heterocycles. The first-order valence-electron chi connectivity index (χ1n) is 10.4.